The normalized spacial score (nSPS) is 11.7. The molecule has 0 fully saturated rings. The maximum absolute atomic E-state index is 12.5. The van der Waals surface area contributed by atoms with Crippen molar-refractivity contribution in [1.29, 1.82) is 0 Å². The maximum Gasteiger partial charge on any atom is 0.266 e. The fourth-order valence-corrected chi connectivity index (χ4v) is 4.13. The molecule has 0 radical (unpaired) electrons. The van der Waals surface area contributed by atoms with Crippen LogP contribution < -0.4 is 10.3 Å². The molecule has 1 heterocycles. The van der Waals surface area contributed by atoms with Crippen LogP contribution in [-0.2, 0) is 16.6 Å². The molecule has 23 heavy (non-hydrogen) atoms. The molecule has 7 heteroatoms. The molecule has 0 saturated carbocycles. The summed E-state index contributed by atoms with van der Waals surface area (Å²) >= 11 is 0. The molecular weight excluding hydrogens is 314 g/mol. The first-order chi connectivity index (χ1) is 10.7. The zero-order valence-electron chi connectivity index (χ0n) is 13.8. The van der Waals surface area contributed by atoms with Gasteiger partial charge in [0.1, 0.15) is 0 Å². The van der Waals surface area contributed by atoms with Crippen LogP contribution in [0.3, 0.4) is 0 Å². The van der Waals surface area contributed by atoms with Crippen LogP contribution in [0.5, 0.6) is 0 Å². The third-order valence-corrected chi connectivity index (χ3v) is 5.25. The minimum absolute atomic E-state index is 0.103. The van der Waals surface area contributed by atoms with Crippen molar-refractivity contribution in [3.05, 3.63) is 57.0 Å². The number of aromatic nitrogens is 2. The van der Waals surface area contributed by atoms with Crippen LogP contribution in [0.1, 0.15) is 22.4 Å². The molecule has 1 aromatic heterocycles. The summed E-state index contributed by atoms with van der Waals surface area (Å²) in [6.07, 6.45) is 0. The summed E-state index contributed by atoms with van der Waals surface area (Å²) in [7, 11) is -3.62. The van der Waals surface area contributed by atoms with Crippen molar-refractivity contribution >= 4 is 10.0 Å². The van der Waals surface area contributed by atoms with Crippen molar-refractivity contribution in [2.45, 2.75) is 39.1 Å². The minimum Gasteiger partial charge on any atom is -0.268 e. The molecule has 0 amide bonds. The zero-order chi connectivity index (χ0) is 17.2. The Morgan fingerprint density at radius 1 is 1.09 bits per heavy atom. The van der Waals surface area contributed by atoms with E-state index >= 15 is 0 Å². The predicted octanol–water partition coefficient (Wildman–Crippen LogP) is 1.46. The quantitative estimate of drug-likeness (QED) is 0.897. The third kappa shape index (κ3) is 4.05. The standard InChI is InChI=1S/C16H21N3O3S/c1-11-9-12(2)16(13(3)10-11)23(21,22)17-7-8-19-15(20)6-5-14(4)18-19/h5-6,9-10,17H,7-8H2,1-4H3. The van der Waals surface area contributed by atoms with Gasteiger partial charge in [0.25, 0.3) is 5.56 Å². The molecule has 0 unspecified atom stereocenters. The smallest absolute Gasteiger partial charge is 0.266 e. The van der Waals surface area contributed by atoms with Crippen molar-refractivity contribution in [2.75, 3.05) is 6.54 Å². The molecule has 124 valence electrons. The predicted molar refractivity (Wildman–Crippen MR) is 89.1 cm³/mol. The Kier molecular flexibility index (Phi) is 5.01. The minimum atomic E-state index is -3.62. The van der Waals surface area contributed by atoms with Crippen LogP contribution in [-0.4, -0.2) is 24.7 Å². The summed E-state index contributed by atoms with van der Waals surface area (Å²) in [6, 6.07) is 6.73. The lowest BCUT2D eigenvalue weighted by Gasteiger charge is -2.13. The van der Waals surface area contributed by atoms with Crippen molar-refractivity contribution in [1.82, 2.24) is 14.5 Å². The van der Waals surface area contributed by atoms with E-state index in [0.717, 1.165) is 5.56 Å². The summed E-state index contributed by atoms with van der Waals surface area (Å²) in [6.45, 7) is 7.55. The lowest BCUT2D eigenvalue weighted by Crippen LogP contribution is -2.32. The lowest BCUT2D eigenvalue weighted by molar-refractivity contribution is 0.543. The van der Waals surface area contributed by atoms with Crippen molar-refractivity contribution in [3.63, 3.8) is 0 Å². The number of hydrogen-bond donors (Lipinski definition) is 1. The van der Waals surface area contributed by atoms with Crippen LogP contribution >= 0.6 is 0 Å². The number of nitrogens with one attached hydrogen (secondary N) is 1. The van der Waals surface area contributed by atoms with E-state index in [-0.39, 0.29) is 18.6 Å². The van der Waals surface area contributed by atoms with E-state index in [1.54, 1.807) is 26.8 Å². The summed E-state index contributed by atoms with van der Waals surface area (Å²) in [4.78, 5) is 12.0. The fourth-order valence-electron chi connectivity index (χ4n) is 2.66. The molecule has 0 spiro atoms. The van der Waals surface area contributed by atoms with E-state index in [1.165, 1.54) is 10.7 Å². The van der Waals surface area contributed by atoms with Crippen LogP contribution in [0.4, 0.5) is 0 Å². The number of rotatable bonds is 5. The second-order valence-corrected chi connectivity index (χ2v) is 7.37. The Bertz CT molecular complexity index is 863. The highest BCUT2D eigenvalue weighted by atomic mass is 32.2. The van der Waals surface area contributed by atoms with Gasteiger partial charge in [-0.15, -0.1) is 0 Å². The monoisotopic (exact) mass is 335 g/mol. The number of benzene rings is 1. The molecule has 0 saturated heterocycles. The van der Waals surface area contributed by atoms with E-state index in [2.05, 4.69) is 9.82 Å². The molecule has 1 aromatic carbocycles. The Balaban J connectivity index is 2.17. The number of aryl methyl sites for hydroxylation is 4. The Hall–Kier alpha value is -1.99. The Labute approximate surface area is 136 Å². The van der Waals surface area contributed by atoms with Gasteiger partial charge in [0.05, 0.1) is 17.1 Å². The largest absolute Gasteiger partial charge is 0.268 e. The van der Waals surface area contributed by atoms with Crippen LogP contribution in [0.15, 0.2) is 34.0 Å². The number of hydrogen-bond acceptors (Lipinski definition) is 4. The van der Waals surface area contributed by atoms with E-state index < -0.39 is 10.0 Å². The SMILES string of the molecule is Cc1cc(C)c(S(=O)(=O)NCCn2nc(C)ccc2=O)c(C)c1. The lowest BCUT2D eigenvalue weighted by atomic mass is 10.1. The highest BCUT2D eigenvalue weighted by Crippen LogP contribution is 2.21. The first-order valence-corrected chi connectivity index (χ1v) is 8.81. The molecule has 0 bridgehead atoms. The van der Waals surface area contributed by atoms with Crippen molar-refractivity contribution in [2.24, 2.45) is 0 Å². The van der Waals surface area contributed by atoms with Crippen LogP contribution in [0.2, 0.25) is 0 Å². The third-order valence-electron chi connectivity index (χ3n) is 3.49. The molecule has 0 atom stereocenters. The average molecular weight is 335 g/mol. The van der Waals surface area contributed by atoms with E-state index in [1.807, 2.05) is 19.1 Å². The second kappa shape index (κ2) is 6.64. The number of nitrogens with zero attached hydrogens (tertiary/aromatic N) is 2. The van der Waals surface area contributed by atoms with Gasteiger partial charge in [0.2, 0.25) is 10.0 Å². The summed E-state index contributed by atoms with van der Waals surface area (Å²) in [5.74, 6) is 0. The summed E-state index contributed by atoms with van der Waals surface area (Å²) in [5, 5.41) is 4.08. The van der Waals surface area contributed by atoms with Crippen LogP contribution in [0.25, 0.3) is 0 Å². The van der Waals surface area contributed by atoms with Gasteiger partial charge < -0.3 is 0 Å². The average Bonchev–Trinajstić information content (AvgIpc) is 2.41. The van der Waals surface area contributed by atoms with Gasteiger partial charge in [-0.25, -0.2) is 17.8 Å². The summed E-state index contributed by atoms with van der Waals surface area (Å²) in [5.41, 5.74) is 2.89. The topological polar surface area (TPSA) is 81.1 Å². The molecule has 2 rings (SSSR count). The van der Waals surface area contributed by atoms with Gasteiger partial charge in [0.15, 0.2) is 0 Å². The highest BCUT2D eigenvalue weighted by molar-refractivity contribution is 7.89. The second-order valence-electron chi connectivity index (χ2n) is 5.66. The van der Waals surface area contributed by atoms with Crippen LogP contribution in [0, 0.1) is 27.7 Å². The highest BCUT2D eigenvalue weighted by Gasteiger charge is 2.19. The maximum atomic E-state index is 12.5. The first-order valence-electron chi connectivity index (χ1n) is 7.33. The fraction of sp³-hybridized carbons (Fsp3) is 0.375. The van der Waals surface area contributed by atoms with Gasteiger partial charge >= 0.3 is 0 Å². The Morgan fingerprint density at radius 3 is 2.30 bits per heavy atom. The van der Waals surface area contributed by atoms with E-state index in [4.69, 9.17) is 0 Å². The summed E-state index contributed by atoms with van der Waals surface area (Å²) < 4.78 is 28.8. The van der Waals surface area contributed by atoms with Gasteiger partial charge in [-0.2, -0.15) is 5.10 Å². The molecule has 0 aliphatic carbocycles. The first kappa shape index (κ1) is 17.4. The van der Waals surface area contributed by atoms with Gasteiger partial charge in [-0.05, 0) is 44.9 Å². The molecule has 0 aliphatic heterocycles. The van der Waals surface area contributed by atoms with E-state index in [9.17, 15) is 13.2 Å². The van der Waals surface area contributed by atoms with Crippen molar-refractivity contribution < 1.29 is 8.42 Å². The Morgan fingerprint density at radius 2 is 1.70 bits per heavy atom. The van der Waals surface area contributed by atoms with Crippen molar-refractivity contribution in [3.8, 4) is 0 Å². The molecule has 6 nitrogen and oxygen atoms in total. The molecule has 2 aromatic rings. The van der Waals surface area contributed by atoms with Gasteiger partial charge in [-0.1, -0.05) is 17.7 Å². The van der Waals surface area contributed by atoms with E-state index in [0.29, 0.717) is 21.7 Å². The molecule has 1 N–H and O–H groups in total. The number of sulfonamides is 1. The molecular formula is C16H21N3O3S. The zero-order valence-corrected chi connectivity index (χ0v) is 14.6. The van der Waals surface area contributed by atoms with Gasteiger partial charge in [-0.3, -0.25) is 4.79 Å². The van der Waals surface area contributed by atoms with Gasteiger partial charge in [0, 0.05) is 12.6 Å². The molecule has 0 aliphatic rings.